The minimum absolute atomic E-state index is 0.0356. The van der Waals surface area contributed by atoms with Crippen molar-refractivity contribution in [2.24, 2.45) is 0 Å². The lowest BCUT2D eigenvalue weighted by Crippen LogP contribution is -2.27. The quantitative estimate of drug-likeness (QED) is 0.421. The molecular weight excluding hydrogens is 408 g/mol. The van der Waals surface area contributed by atoms with E-state index in [4.69, 9.17) is 11.6 Å². The van der Waals surface area contributed by atoms with Gasteiger partial charge in [-0.25, -0.2) is 0 Å². The molecule has 1 amide bonds. The van der Waals surface area contributed by atoms with Crippen molar-refractivity contribution in [1.82, 2.24) is 24.5 Å². The Hall–Kier alpha value is -3.20. The van der Waals surface area contributed by atoms with Gasteiger partial charge in [-0.1, -0.05) is 23.7 Å². The van der Waals surface area contributed by atoms with Crippen LogP contribution in [0.1, 0.15) is 39.9 Å². The molecule has 158 valence electrons. The maximum Gasteiger partial charge on any atom is 0.312 e. The van der Waals surface area contributed by atoms with E-state index in [0.29, 0.717) is 41.6 Å². The van der Waals surface area contributed by atoms with Gasteiger partial charge in [-0.05, 0) is 38.5 Å². The number of benzene rings is 1. The molecule has 9 nitrogen and oxygen atoms in total. The van der Waals surface area contributed by atoms with Crippen LogP contribution in [0, 0.1) is 24.0 Å². The number of nitro groups is 1. The van der Waals surface area contributed by atoms with Crippen molar-refractivity contribution in [3.63, 3.8) is 0 Å². The topological polar surface area (TPSA) is 99.1 Å². The Balaban J connectivity index is 1.72. The molecule has 2 aromatic heterocycles. The Bertz CT molecular complexity index is 1090. The van der Waals surface area contributed by atoms with Crippen molar-refractivity contribution in [3.8, 4) is 0 Å². The minimum atomic E-state index is -0.414. The third-order valence-corrected chi connectivity index (χ3v) is 5.31. The first kappa shape index (κ1) is 21.5. The van der Waals surface area contributed by atoms with Gasteiger partial charge in [0.05, 0.1) is 34.9 Å². The number of halogens is 1. The predicted molar refractivity (Wildman–Crippen MR) is 113 cm³/mol. The van der Waals surface area contributed by atoms with Gasteiger partial charge in [0, 0.05) is 19.2 Å². The van der Waals surface area contributed by atoms with Crippen LogP contribution >= 0.6 is 11.6 Å². The van der Waals surface area contributed by atoms with Gasteiger partial charge < -0.3 is 4.90 Å². The normalized spacial score (nSPS) is 11.0. The summed E-state index contributed by atoms with van der Waals surface area (Å²) >= 11 is 6.19. The summed E-state index contributed by atoms with van der Waals surface area (Å²) in [6, 6.07) is 7.14. The van der Waals surface area contributed by atoms with Crippen LogP contribution < -0.4 is 0 Å². The largest absolute Gasteiger partial charge is 0.336 e. The zero-order valence-corrected chi connectivity index (χ0v) is 18.0. The first-order valence-corrected chi connectivity index (χ1v) is 9.83. The molecule has 0 bridgehead atoms. The van der Waals surface area contributed by atoms with Crippen molar-refractivity contribution in [3.05, 3.63) is 73.8 Å². The molecule has 2 heterocycles. The van der Waals surface area contributed by atoms with Crippen LogP contribution in [0.4, 0.5) is 5.69 Å². The standard InChI is InChI=1S/C20H23ClN6O3/c1-5-25-18(17(21)10-22-25)12-24(4)20(28)16-8-6-15(7-9-16)11-26-14(3)19(27(29)30)13(2)23-26/h6-10H,5,11-12H2,1-4H3. The number of carbonyl (C=O) groups is 1. The number of aryl methyl sites for hydroxylation is 2. The second-order valence-corrected chi connectivity index (χ2v) is 7.45. The van der Waals surface area contributed by atoms with Gasteiger partial charge in [0.1, 0.15) is 11.4 Å². The third kappa shape index (κ3) is 4.20. The molecule has 0 N–H and O–H groups in total. The number of rotatable bonds is 7. The summed E-state index contributed by atoms with van der Waals surface area (Å²) in [5.74, 6) is -0.136. The molecular formula is C20H23ClN6O3. The lowest BCUT2D eigenvalue weighted by atomic mass is 10.1. The molecule has 0 unspecified atom stereocenters. The molecule has 0 saturated heterocycles. The molecule has 0 aliphatic heterocycles. The van der Waals surface area contributed by atoms with Gasteiger partial charge >= 0.3 is 5.69 Å². The predicted octanol–water partition coefficient (Wildman–Crippen LogP) is 3.60. The third-order valence-electron chi connectivity index (χ3n) is 4.99. The molecule has 0 fully saturated rings. The SMILES string of the molecule is CCn1ncc(Cl)c1CN(C)C(=O)c1ccc(Cn2nc(C)c([N+](=O)[O-])c2C)cc1. The van der Waals surface area contributed by atoms with E-state index in [9.17, 15) is 14.9 Å². The highest BCUT2D eigenvalue weighted by Gasteiger charge is 2.22. The number of hydrogen-bond acceptors (Lipinski definition) is 5. The zero-order chi connectivity index (χ0) is 22.0. The molecule has 3 rings (SSSR count). The Morgan fingerprint density at radius 2 is 1.90 bits per heavy atom. The smallest absolute Gasteiger partial charge is 0.312 e. The Morgan fingerprint density at radius 1 is 1.23 bits per heavy atom. The van der Waals surface area contributed by atoms with Crippen LogP contribution in [0.2, 0.25) is 5.02 Å². The van der Waals surface area contributed by atoms with Crippen LogP contribution in [-0.4, -0.2) is 42.3 Å². The lowest BCUT2D eigenvalue weighted by Gasteiger charge is -2.18. The first-order chi connectivity index (χ1) is 14.2. The molecule has 0 spiro atoms. The van der Waals surface area contributed by atoms with E-state index in [0.717, 1.165) is 11.3 Å². The van der Waals surface area contributed by atoms with Gasteiger partial charge in [-0.3, -0.25) is 24.3 Å². The van der Waals surface area contributed by atoms with Crippen molar-refractivity contribution in [2.45, 2.75) is 40.4 Å². The van der Waals surface area contributed by atoms with E-state index in [2.05, 4.69) is 10.2 Å². The molecule has 0 aliphatic rings. The van der Waals surface area contributed by atoms with Crippen LogP contribution in [0.5, 0.6) is 0 Å². The summed E-state index contributed by atoms with van der Waals surface area (Å²) in [7, 11) is 1.72. The molecule has 30 heavy (non-hydrogen) atoms. The van der Waals surface area contributed by atoms with Gasteiger partial charge in [-0.2, -0.15) is 10.2 Å². The molecule has 3 aromatic rings. The average Bonchev–Trinajstić information content (AvgIpc) is 3.20. The maximum absolute atomic E-state index is 12.8. The van der Waals surface area contributed by atoms with Crippen molar-refractivity contribution < 1.29 is 9.72 Å². The van der Waals surface area contributed by atoms with E-state index >= 15 is 0 Å². The van der Waals surface area contributed by atoms with E-state index in [1.807, 2.05) is 19.1 Å². The fourth-order valence-corrected chi connectivity index (χ4v) is 3.57. The number of carbonyl (C=O) groups excluding carboxylic acids is 1. The van der Waals surface area contributed by atoms with Crippen LogP contribution in [0.3, 0.4) is 0 Å². The maximum atomic E-state index is 12.8. The first-order valence-electron chi connectivity index (χ1n) is 9.45. The monoisotopic (exact) mass is 430 g/mol. The second-order valence-electron chi connectivity index (χ2n) is 7.05. The number of hydrogen-bond donors (Lipinski definition) is 0. The number of aromatic nitrogens is 4. The lowest BCUT2D eigenvalue weighted by molar-refractivity contribution is -0.386. The summed E-state index contributed by atoms with van der Waals surface area (Å²) in [5, 5.41) is 20.1. The molecule has 1 aromatic carbocycles. The highest BCUT2D eigenvalue weighted by atomic mass is 35.5. The summed E-state index contributed by atoms with van der Waals surface area (Å²) in [6.45, 7) is 6.67. The van der Waals surface area contributed by atoms with Gasteiger partial charge in [0.25, 0.3) is 5.91 Å². The van der Waals surface area contributed by atoms with Gasteiger partial charge in [0.2, 0.25) is 0 Å². The minimum Gasteiger partial charge on any atom is -0.336 e. The molecule has 0 saturated carbocycles. The van der Waals surface area contributed by atoms with Gasteiger partial charge in [-0.15, -0.1) is 0 Å². The molecule has 0 radical (unpaired) electrons. The Morgan fingerprint density at radius 3 is 2.47 bits per heavy atom. The average molecular weight is 431 g/mol. The number of amides is 1. The Labute approximate surface area is 179 Å². The van der Waals surface area contributed by atoms with Crippen LogP contribution in [0.25, 0.3) is 0 Å². The molecule has 0 aliphatic carbocycles. The van der Waals surface area contributed by atoms with E-state index < -0.39 is 4.92 Å². The fourth-order valence-electron chi connectivity index (χ4n) is 3.37. The highest BCUT2D eigenvalue weighted by molar-refractivity contribution is 6.31. The Kier molecular flexibility index (Phi) is 6.21. The summed E-state index contributed by atoms with van der Waals surface area (Å²) < 4.78 is 3.37. The van der Waals surface area contributed by atoms with E-state index in [1.54, 1.807) is 53.5 Å². The van der Waals surface area contributed by atoms with Crippen molar-refractivity contribution in [1.29, 1.82) is 0 Å². The van der Waals surface area contributed by atoms with Crippen LogP contribution in [-0.2, 0) is 19.6 Å². The van der Waals surface area contributed by atoms with E-state index in [1.165, 1.54) is 0 Å². The van der Waals surface area contributed by atoms with Gasteiger partial charge in [0.15, 0.2) is 0 Å². The van der Waals surface area contributed by atoms with Crippen molar-refractivity contribution >= 4 is 23.2 Å². The highest BCUT2D eigenvalue weighted by Crippen LogP contribution is 2.23. The van der Waals surface area contributed by atoms with E-state index in [-0.39, 0.29) is 11.6 Å². The fraction of sp³-hybridized carbons (Fsp3) is 0.350. The van der Waals surface area contributed by atoms with Crippen molar-refractivity contribution in [2.75, 3.05) is 7.05 Å². The number of nitrogens with zero attached hydrogens (tertiary/aromatic N) is 6. The summed E-state index contributed by atoms with van der Waals surface area (Å²) in [4.78, 5) is 25.1. The van der Waals surface area contributed by atoms with Crippen LogP contribution in [0.15, 0.2) is 30.5 Å². The summed E-state index contributed by atoms with van der Waals surface area (Å²) in [6.07, 6.45) is 1.58. The molecule has 0 atom stereocenters. The second kappa shape index (κ2) is 8.66. The summed E-state index contributed by atoms with van der Waals surface area (Å²) in [5.41, 5.74) is 3.14. The zero-order valence-electron chi connectivity index (χ0n) is 17.3. The molecule has 10 heteroatoms.